The van der Waals surface area contributed by atoms with Crippen LogP contribution in [0.25, 0.3) is 0 Å². The molecule has 2 unspecified atom stereocenters. The molecule has 1 aliphatic rings. The summed E-state index contributed by atoms with van der Waals surface area (Å²) < 4.78 is 6.09. The molecule has 1 aromatic rings. The van der Waals surface area contributed by atoms with Gasteiger partial charge in [-0.3, -0.25) is 4.79 Å². The van der Waals surface area contributed by atoms with Crippen LogP contribution in [0.4, 0.5) is 5.69 Å². The Labute approximate surface area is 169 Å². The predicted molar refractivity (Wildman–Crippen MR) is 115 cm³/mol. The fraction of sp³-hybridized carbons (Fsp3) is 0.636. The average Bonchev–Trinajstić information content (AvgIpc) is 2.63. The average molecular weight is 389 g/mol. The first-order valence-corrected chi connectivity index (χ1v) is 10.3. The van der Waals surface area contributed by atoms with Gasteiger partial charge in [-0.2, -0.15) is 0 Å². The number of carbonyl (C=O) groups excluding carboxylic acids is 1. The van der Waals surface area contributed by atoms with E-state index in [1.807, 2.05) is 24.3 Å². The standard InChI is InChI=1S/C22H36N4O2/c1-6-23-21(24-14-17-9-7-11-19(13-17)26-16(2)27)25-15-18-10-8-12-28-20(18)22(3,4)5/h7,9,11,13,18,20H,6,8,10,12,14-15H2,1-5H3,(H,26,27)(H2,23,24,25). The maximum absolute atomic E-state index is 11.2. The van der Waals surface area contributed by atoms with Crippen molar-refractivity contribution in [3.05, 3.63) is 29.8 Å². The highest BCUT2D eigenvalue weighted by Gasteiger charge is 2.35. The number of ether oxygens (including phenoxy) is 1. The summed E-state index contributed by atoms with van der Waals surface area (Å²) in [7, 11) is 0. The van der Waals surface area contributed by atoms with Gasteiger partial charge in [0.05, 0.1) is 12.6 Å². The number of nitrogens with zero attached hydrogens (tertiary/aromatic N) is 1. The molecule has 0 saturated carbocycles. The fourth-order valence-electron chi connectivity index (χ4n) is 3.70. The molecular weight excluding hydrogens is 352 g/mol. The molecule has 28 heavy (non-hydrogen) atoms. The predicted octanol–water partition coefficient (Wildman–Crippen LogP) is 3.54. The van der Waals surface area contributed by atoms with Crippen LogP contribution in [0, 0.1) is 11.3 Å². The number of hydrogen-bond donors (Lipinski definition) is 3. The van der Waals surface area contributed by atoms with Crippen LogP contribution in [0.3, 0.4) is 0 Å². The SMILES string of the molecule is CCNC(=NCc1cccc(NC(C)=O)c1)NCC1CCCOC1C(C)(C)C. The van der Waals surface area contributed by atoms with Crippen molar-refractivity contribution in [3.63, 3.8) is 0 Å². The largest absolute Gasteiger partial charge is 0.377 e. The van der Waals surface area contributed by atoms with Crippen molar-refractivity contribution in [1.82, 2.24) is 10.6 Å². The highest BCUT2D eigenvalue weighted by Crippen LogP contribution is 2.33. The highest BCUT2D eigenvalue weighted by atomic mass is 16.5. The number of rotatable bonds is 6. The Morgan fingerprint density at radius 1 is 1.29 bits per heavy atom. The highest BCUT2D eigenvalue weighted by molar-refractivity contribution is 5.88. The van der Waals surface area contributed by atoms with E-state index >= 15 is 0 Å². The topological polar surface area (TPSA) is 74.8 Å². The summed E-state index contributed by atoms with van der Waals surface area (Å²) in [5.74, 6) is 1.21. The molecule has 156 valence electrons. The number of anilines is 1. The third-order valence-electron chi connectivity index (χ3n) is 4.84. The van der Waals surface area contributed by atoms with Crippen molar-refractivity contribution in [3.8, 4) is 0 Å². The van der Waals surface area contributed by atoms with E-state index in [9.17, 15) is 4.79 Å². The maximum atomic E-state index is 11.2. The Kier molecular flexibility index (Phi) is 8.30. The quantitative estimate of drug-likeness (QED) is 0.515. The molecule has 3 N–H and O–H groups in total. The minimum atomic E-state index is -0.0706. The van der Waals surface area contributed by atoms with E-state index in [1.54, 1.807) is 0 Å². The summed E-state index contributed by atoms with van der Waals surface area (Å²) in [6.07, 6.45) is 2.54. The molecule has 0 radical (unpaired) electrons. The maximum Gasteiger partial charge on any atom is 0.221 e. The van der Waals surface area contributed by atoms with Crippen LogP contribution < -0.4 is 16.0 Å². The zero-order valence-corrected chi connectivity index (χ0v) is 18.0. The summed E-state index contributed by atoms with van der Waals surface area (Å²) in [6.45, 7) is 13.4. The van der Waals surface area contributed by atoms with Gasteiger partial charge in [-0.1, -0.05) is 32.9 Å². The molecule has 0 aliphatic carbocycles. The van der Waals surface area contributed by atoms with Crippen molar-refractivity contribution in [2.75, 3.05) is 25.0 Å². The van der Waals surface area contributed by atoms with E-state index in [-0.39, 0.29) is 17.4 Å². The normalized spacial score (nSPS) is 20.5. The molecule has 2 rings (SSSR count). The monoisotopic (exact) mass is 388 g/mol. The van der Waals surface area contributed by atoms with Crippen LogP contribution in [-0.2, 0) is 16.1 Å². The molecule has 1 saturated heterocycles. The van der Waals surface area contributed by atoms with Crippen LogP contribution in [0.15, 0.2) is 29.3 Å². The number of carbonyl (C=O) groups is 1. The smallest absolute Gasteiger partial charge is 0.221 e. The molecule has 6 nitrogen and oxygen atoms in total. The van der Waals surface area contributed by atoms with Crippen LogP contribution in [0.5, 0.6) is 0 Å². The van der Waals surface area contributed by atoms with Crippen molar-refractivity contribution in [2.24, 2.45) is 16.3 Å². The van der Waals surface area contributed by atoms with Gasteiger partial charge in [-0.15, -0.1) is 0 Å². The minimum Gasteiger partial charge on any atom is -0.377 e. The third-order valence-corrected chi connectivity index (χ3v) is 4.84. The Hall–Kier alpha value is -2.08. The molecule has 1 heterocycles. The lowest BCUT2D eigenvalue weighted by molar-refractivity contribution is -0.114. The third kappa shape index (κ3) is 7.15. The lowest BCUT2D eigenvalue weighted by Gasteiger charge is -2.40. The summed E-state index contributed by atoms with van der Waals surface area (Å²) in [5.41, 5.74) is 1.98. The van der Waals surface area contributed by atoms with E-state index in [0.717, 1.165) is 43.3 Å². The minimum absolute atomic E-state index is 0.0706. The number of amides is 1. The second-order valence-electron chi connectivity index (χ2n) is 8.52. The Morgan fingerprint density at radius 2 is 2.07 bits per heavy atom. The second-order valence-corrected chi connectivity index (χ2v) is 8.52. The molecule has 1 aromatic carbocycles. The number of guanidine groups is 1. The van der Waals surface area contributed by atoms with Crippen molar-refractivity contribution < 1.29 is 9.53 Å². The van der Waals surface area contributed by atoms with Gasteiger partial charge in [0, 0.05) is 38.2 Å². The first-order valence-electron chi connectivity index (χ1n) is 10.3. The Balaban J connectivity index is 1.99. The molecule has 0 aromatic heterocycles. The molecule has 0 bridgehead atoms. The van der Waals surface area contributed by atoms with Gasteiger partial charge in [-0.25, -0.2) is 4.99 Å². The number of nitrogens with one attached hydrogen (secondary N) is 3. The first-order chi connectivity index (χ1) is 13.3. The summed E-state index contributed by atoms with van der Waals surface area (Å²) in [6, 6.07) is 7.79. The summed E-state index contributed by atoms with van der Waals surface area (Å²) in [4.78, 5) is 16.0. The molecule has 1 amide bonds. The van der Waals surface area contributed by atoms with E-state index < -0.39 is 0 Å². The van der Waals surface area contributed by atoms with Gasteiger partial charge in [0.15, 0.2) is 5.96 Å². The van der Waals surface area contributed by atoms with Gasteiger partial charge in [-0.05, 0) is 42.9 Å². The molecule has 2 atom stereocenters. The molecule has 0 spiro atoms. The summed E-state index contributed by atoms with van der Waals surface area (Å²) >= 11 is 0. The molecule has 1 fully saturated rings. The number of aliphatic imine (C=N–C) groups is 1. The van der Waals surface area contributed by atoms with Crippen molar-refractivity contribution in [1.29, 1.82) is 0 Å². The van der Waals surface area contributed by atoms with Gasteiger partial charge in [0.2, 0.25) is 5.91 Å². The van der Waals surface area contributed by atoms with Crippen LogP contribution in [-0.4, -0.2) is 37.7 Å². The molecular formula is C22H36N4O2. The van der Waals surface area contributed by atoms with Gasteiger partial charge in [0.25, 0.3) is 0 Å². The zero-order valence-electron chi connectivity index (χ0n) is 18.0. The van der Waals surface area contributed by atoms with E-state index in [0.29, 0.717) is 12.5 Å². The van der Waals surface area contributed by atoms with E-state index in [2.05, 4.69) is 43.6 Å². The van der Waals surface area contributed by atoms with Crippen LogP contribution >= 0.6 is 0 Å². The van der Waals surface area contributed by atoms with Crippen LogP contribution in [0.1, 0.15) is 53.0 Å². The Bertz CT molecular complexity index is 667. The van der Waals surface area contributed by atoms with E-state index in [1.165, 1.54) is 13.3 Å². The number of hydrogen-bond acceptors (Lipinski definition) is 3. The summed E-state index contributed by atoms with van der Waals surface area (Å²) in [5, 5.41) is 9.63. The van der Waals surface area contributed by atoms with Crippen molar-refractivity contribution in [2.45, 2.75) is 60.1 Å². The van der Waals surface area contributed by atoms with Crippen molar-refractivity contribution >= 4 is 17.6 Å². The second kappa shape index (κ2) is 10.5. The molecule has 6 heteroatoms. The number of benzene rings is 1. The fourth-order valence-corrected chi connectivity index (χ4v) is 3.70. The first kappa shape index (κ1) is 22.2. The van der Waals surface area contributed by atoms with Gasteiger partial charge < -0.3 is 20.7 Å². The lowest BCUT2D eigenvalue weighted by Crippen LogP contribution is -2.47. The lowest BCUT2D eigenvalue weighted by atomic mass is 9.78. The van der Waals surface area contributed by atoms with Gasteiger partial charge in [0.1, 0.15) is 0 Å². The Morgan fingerprint density at radius 3 is 2.75 bits per heavy atom. The molecule has 1 aliphatic heterocycles. The van der Waals surface area contributed by atoms with E-state index in [4.69, 9.17) is 9.73 Å². The van der Waals surface area contributed by atoms with Crippen LogP contribution in [0.2, 0.25) is 0 Å². The zero-order chi connectivity index (χ0) is 20.6. The van der Waals surface area contributed by atoms with Gasteiger partial charge >= 0.3 is 0 Å².